The first kappa shape index (κ1) is 9.46. The Hall–Kier alpha value is -1.09. The molecular formula is C10H9ClFNO. The number of fused-ring (bicyclic) bond motifs is 1. The topological polar surface area (TPSA) is 29.1 Å². The molecule has 4 heteroatoms. The van der Waals surface area contributed by atoms with E-state index in [4.69, 9.17) is 11.6 Å². The van der Waals surface area contributed by atoms with Gasteiger partial charge in [-0.05, 0) is 29.7 Å². The van der Waals surface area contributed by atoms with Crippen LogP contribution in [0, 0.1) is 5.82 Å². The van der Waals surface area contributed by atoms with Crippen molar-refractivity contribution >= 4 is 23.2 Å². The van der Waals surface area contributed by atoms with E-state index < -0.39 is 0 Å². The number of alkyl halides is 1. The van der Waals surface area contributed by atoms with E-state index in [0.29, 0.717) is 17.9 Å². The van der Waals surface area contributed by atoms with Gasteiger partial charge in [-0.25, -0.2) is 4.39 Å². The molecule has 1 aromatic rings. The molecule has 0 spiro atoms. The van der Waals surface area contributed by atoms with E-state index >= 15 is 0 Å². The molecule has 2 nitrogen and oxygen atoms in total. The Morgan fingerprint density at radius 3 is 3.00 bits per heavy atom. The van der Waals surface area contributed by atoms with Gasteiger partial charge in [0.25, 0.3) is 0 Å². The number of aryl methyl sites for hydroxylation is 1. The number of benzene rings is 1. The molecule has 1 amide bonds. The lowest BCUT2D eigenvalue weighted by Crippen LogP contribution is -2.03. The van der Waals surface area contributed by atoms with Gasteiger partial charge in [0.05, 0.1) is 6.42 Å². The van der Waals surface area contributed by atoms with E-state index in [1.165, 1.54) is 6.07 Å². The summed E-state index contributed by atoms with van der Waals surface area (Å²) in [5.74, 6) is 0.0206. The van der Waals surface area contributed by atoms with Crippen LogP contribution in [0.15, 0.2) is 12.1 Å². The summed E-state index contributed by atoms with van der Waals surface area (Å²) in [6, 6.07) is 3.08. The minimum Gasteiger partial charge on any atom is -0.326 e. The first-order valence-corrected chi connectivity index (χ1v) is 4.91. The Morgan fingerprint density at radius 2 is 2.29 bits per heavy atom. The van der Waals surface area contributed by atoms with Crippen molar-refractivity contribution < 1.29 is 9.18 Å². The number of carbonyl (C=O) groups is 1. The molecule has 1 aliphatic rings. The van der Waals surface area contributed by atoms with Crippen molar-refractivity contribution in [2.45, 2.75) is 12.8 Å². The van der Waals surface area contributed by atoms with E-state index in [2.05, 4.69) is 5.32 Å². The van der Waals surface area contributed by atoms with Gasteiger partial charge in [0, 0.05) is 11.6 Å². The molecule has 0 aromatic heterocycles. The highest BCUT2D eigenvalue weighted by Gasteiger charge is 2.19. The summed E-state index contributed by atoms with van der Waals surface area (Å²) in [6.07, 6.45) is 0.754. The zero-order chi connectivity index (χ0) is 10.1. The molecule has 0 aliphatic carbocycles. The minimum absolute atomic E-state index is 0.0811. The Bertz CT molecular complexity index is 392. The molecule has 1 aromatic carbocycles. The summed E-state index contributed by atoms with van der Waals surface area (Å²) in [5, 5.41) is 2.67. The molecule has 0 fully saturated rings. The monoisotopic (exact) mass is 213 g/mol. The first-order chi connectivity index (χ1) is 6.70. The SMILES string of the molecule is O=C1Cc2cc(F)c(CCCl)cc2N1. The average molecular weight is 214 g/mol. The Kier molecular flexibility index (Phi) is 2.42. The zero-order valence-electron chi connectivity index (χ0n) is 7.44. The van der Waals surface area contributed by atoms with Gasteiger partial charge in [-0.3, -0.25) is 4.79 Å². The largest absolute Gasteiger partial charge is 0.326 e. The number of hydrogen-bond acceptors (Lipinski definition) is 1. The predicted molar refractivity (Wildman–Crippen MR) is 53.2 cm³/mol. The number of nitrogens with one attached hydrogen (secondary N) is 1. The molecule has 0 radical (unpaired) electrons. The molecule has 1 heterocycles. The second-order valence-corrected chi connectivity index (χ2v) is 3.64. The van der Waals surface area contributed by atoms with Crippen molar-refractivity contribution in [3.8, 4) is 0 Å². The zero-order valence-corrected chi connectivity index (χ0v) is 8.20. The number of carbonyl (C=O) groups excluding carboxylic acids is 1. The second-order valence-electron chi connectivity index (χ2n) is 3.26. The third-order valence-electron chi connectivity index (χ3n) is 2.26. The van der Waals surface area contributed by atoms with Gasteiger partial charge in [0.2, 0.25) is 5.91 Å². The summed E-state index contributed by atoms with van der Waals surface area (Å²) in [5.41, 5.74) is 2.00. The van der Waals surface area contributed by atoms with Crippen LogP contribution in [-0.2, 0) is 17.6 Å². The van der Waals surface area contributed by atoms with Crippen molar-refractivity contribution in [1.82, 2.24) is 0 Å². The summed E-state index contributed by atoms with van der Waals surface area (Å²) >= 11 is 5.53. The fourth-order valence-electron chi connectivity index (χ4n) is 1.58. The fraction of sp³-hybridized carbons (Fsp3) is 0.300. The van der Waals surface area contributed by atoms with Crippen LogP contribution < -0.4 is 5.32 Å². The van der Waals surface area contributed by atoms with Gasteiger partial charge in [0.1, 0.15) is 5.82 Å². The van der Waals surface area contributed by atoms with Gasteiger partial charge in [-0.2, -0.15) is 0 Å². The van der Waals surface area contributed by atoms with E-state index in [1.54, 1.807) is 6.07 Å². The lowest BCUT2D eigenvalue weighted by atomic mass is 10.1. The standard InChI is InChI=1S/C10H9ClFNO/c11-2-1-6-4-9-7(3-8(6)12)5-10(14)13-9/h3-4H,1-2,5H2,(H,13,14). The first-order valence-electron chi connectivity index (χ1n) is 4.38. The average Bonchev–Trinajstić information content (AvgIpc) is 2.45. The molecule has 1 N–H and O–H groups in total. The molecule has 0 atom stereocenters. The van der Waals surface area contributed by atoms with Gasteiger partial charge in [0.15, 0.2) is 0 Å². The molecule has 0 bridgehead atoms. The fourth-order valence-corrected chi connectivity index (χ4v) is 1.79. The van der Waals surface area contributed by atoms with Crippen molar-refractivity contribution in [3.05, 3.63) is 29.1 Å². The number of amides is 1. The maximum atomic E-state index is 13.4. The van der Waals surface area contributed by atoms with Crippen molar-refractivity contribution in [3.63, 3.8) is 0 Å². The lowest BCUT2D eigenvalue weighted by molar-refractivity contribution is -0.115. The Labute approximate surface area is 86.1 Å². The summed E-state index contributed by atoms with van der Waals surface area (Å²) in [4.78, 5) is 11.0. The number of rotatable bonds is 2. The maximum absolute atomic E-state index is 13.4. The van der Waals surface area contributed by atoms with E-state index in [0.717, 1.165) is 11.3 Å². The number of hydrogen-bond donors (Lipinski definition) is 1. The van der Waals surface area contributed by atoms with Crippen molar-refractivity contribution in [2.24, 2.45) is 0 Å². The van der Waals surface area contributed by atoms with Crippen molar-refractivity contribution in [2.75, 3.05) is 11.2 Å². The Balaban J connectivity index is 2.39. The lowest BCUT2D eigenvalue weighted by Gasteiger charge is -2.04. The summed E-state index contributed by atoms with van der Waals surface area (Å²) in [7, 11) is 0. The normalized spacial score (nSPS) is 14.0. The number of anilines is 1. The van der Waals surface area contributed by atoms with Crippen LogP contribution in [0.3, 0.4) is 0 Å². The Morgan fingerprint density at radius 1 is 1.50 bits per heavy atom. The van der Waals surface area contributed by atoms with Crippen LogP contribution in [-0.4, -0.2) is 11.8 Å². The van der Waals surface area contributed by atoms with Gasteiger partial charge in [-0.1, -0.05) is 0 Å². The smallest absolute Gasteiger partial charge is 0.228 e. The van der Waals surface area contributed by atoms with Gasteiger partial charge in [-0.15, -0.1) is 11.6 Å². The van der Waals surface area contributed by atoms with E-state index in [1.807, 2.05) is 0 Å². The van der Waals surface area contributed by atoms with Gasteiger partial charge >= 0.3 is 0 Å². The van der Waals surface area contributed by atoms with E-state index in [9.17, 15) is 9.18 Å². The molecule has 14 heavy (non-hydrogen) atoms. The third kappa shape index (κ3) is 1.60. The van der Waals surface area contributed by atoms with Crippen LogP contribution in [0.5, 0.6) is 0 Å². The molecule has 0 unspecified atom stereocenters. The molecule has 74 valence electrons. The van der Waals surface area contributed by atoms with Crippen LogP contribution in [0.1, 0.15) is 11.1 Å². The van der Waals surface area contributed by atoms with E-state index in [-0.39, 0.29) is 18.1 Å². The minimum atomic E-state index is -0.277. The molecule has 0 saturated carbocycles. The summed E-state index contributed by atoms with van der Waals surface area (Å²) in [6.45, 7) is 0. The number of halogens is 2. The predicted octanol–water partition coefficient (Wildman–Crippen LogP) is 2.10. The van der Waals surface area contributed by atoms with Crippen LogP contribution in [0.2, 0.25) is 0 Å². The highest BCUT2D eigenvalue weighted by molar-refractivity contribution is 6.18. The third-order valence-corrected chi connectivity index (χ3v) is 2.45. The van der Waals surface area contributed by atoms with Crippen LogP contribution in [0.4, 0.5) is 10.1 Å². The highest BCUT2D eigenvalue weighted by Crippen LogP contribution is 2.26. The second kappa shape index (κ2) is 3.58. The maximum Gasteiger partial charge on any atom is 0.228 e. The van der Waals surface area contributed by atoms with Gasteiger partial charge < -0.3 is 5.32 Å². The van der Waals surface area contributed by atoms with Crippen LogP contribution >= 0.6 is 11.6 Å². The quantitative estimate of drug-likeness (QED) is 0.749. The summed E-state index contributed by atoms with van der Waals surface area (Å²) < 4.78 is 13.4. The van der Waals surface area contributed by atoms with Crippen molar-refractivity contribution in [1.29, 1.82) is 0 Å². The molecular weight excluding hydrogens is 205 g/mol. The molecule has 2 rings (SSSR count). The van der Waals surface area contributed by atoms with Crippen LogP contribution in [0.25, 0.3) is 0 Å². The highest BCUT2D eigenvalue weighted by atomic mass is 35.5. The molecule has 0 saturated heterocycles. The molecule has 1 aliphatic heterocycles.